The van der Waals surface area contributed by atoms with Gasteiger partial charge in [-0.3, -0.25) is 9.69 Å². The minimum atomic E-state index is -0.136. The maximum absolute atomic E-state index is 12.5. The summed E-state index contributed by atoms with van der Waals surface area (Å²) in [5.41, 5.74) is 0. The third-order valence-electron chi connectivity index (χ3n) is 4.48. The van der Waals surface area contributed by atoms with E-state index in [-0.39, 0.29) is 18.0 Å². The van der Waals surface area contributed by atoms with Gasteiger partial charge >= 0.3 is 0 Å². The van der Waals surface area contributed by atoms with E-state index >= 15 is 0 Å². The Morgan fingerprint density at radius 1 is 1.53 bits per heavy atom. The van der Waals surface area contributed by atoms with Crippen LogP contribution in [0.4, 0.5) is 0 Å². The summed E-state index contributed by atoms with van der Waals surface area (Å²) >= 11 is 1.40. The van der Waals surface area contributed by atoms with Crippen molar-refractivity contribution in [3.8, 4) is 6.19 Å². The largest absolute Gasteiger partial charge is 0.299 e. The van der Waals surface area contributed by atoms with Gasteiger partial charge in [0, 0.05) is 6.04 Å². The number of carbonyl (C=O) groups is 1. The number of piperidine rings is 3. The fourth-order valence-electron chi connectivity index (χ4n) is 3.47. The number of fused-ring (bicyclic) bond motifs is 3. The van der Waals surface area contributed by atoms with Gasteiger partial charge in [0.05, 0.1) is 10.9 Å². The van der Waals surface area contributed by atoms with Crippen LogP contribution in [0.2, 0.25) is 0 Å². The fourth-order valence-corrected chi connectivity index (χ4v) is 4.13. The third-order valence-corrected chi connectivity index (χ3v) is 5.34. The van der Waals surface area contributed by atoms with Crippen LogP contribution in [0.25, 0.3) is 0 Å². The van der Waals surface area contributed by atoms with Crippen LogP contribution in [-0.2, 0) is 0 Å². The molecule has 0 spiro atoms. The van der Waals surface area contributed by atoms with Gasteiger partial charge in [0.2, 0.25) is 0 Å². The molecule has 4 rings (SSSR count). The van der Waals surface area contributed by atoms with Gasteiger partial charge < -0.3 is 0 Å². The normalized spacial score (nSPS) is 32.8. The lowest BCUT2D eigenvalue weighted by Gasteiger charge is -2.51. The first-order valence-electron chi connectivity index (χ1n) is 6.73. The Morgan fingerprint density at radius 3 is 2.79 bits per heavy atom. The number of carbonyl (C=O) groups excluding carboxylic acids is 1. The second-order valence-electron chi connectivity index (χ2n) is 5.36. The lowest BCUT2D eigenvalue weighted by atomic mass is 9.78. The SMILES string of the molecule is C[C@H]1[C@H](N(C#N)C(=O)c2cccs2)C2CCN1CC2. The van der Waals surface area contributed by atoms with Gasteiger partial charge in [-0.1, -0.05) is 6.07 Å². The van der Waals surface area contributed by atoms with Gasteiger partial charge in [-0.15, -0.1) is 11.3 Å². The highest BCUT2D eigenvalue weighted by Gasteiger charge is 2.44. The van der Waals surface area contributed by atoms with Gasteiger partial charge in [-0.05, 0) is 50.2 Å². The predicted octanol–water partition coefficient (Wildman–Crippen LogP) is 2.15. The number of amides is 1. The molecule has 1 aromatic rings. The monoisotopic (exact) mass is 275 g/mol. The molecule has 4 nitrogen and oxygen atoms in total. The van der Waals surface area contributed by atoms with Crippen LogP contribution in [0.5, 0.6) is 0 Å². The average molecular weight is 275 g/mol. The second-order valence-corrected chi connectivity index (χ2v) is 6.30. The molecule has 0 aliphatic carbocycles. The maximum Gasteiger partial charge on any atom is 0.277 e. The summed E-state index contributed by atoms with van der Waals surface area (Å²) in [7, 11) is 0. The van der Waals surface area contributed by atoms with Crippen molar-refractivity contribution in [2.45, 2.75) is 31.8 Å². The highest BCUT2D eigenvalue weighted by molar-refractivity contribution is 7.12. The molecule has 2 bridgehead atoms. The standard InChI is InChI=1S/C14H17N3OS/c1-10-13(11-4-6-16(10)7-5-11)17(9-15)14(18)12-3-2-8-19-12/h2-3,8,10-11,13H,4-7H2,1H3/t10-,13-/m0/s1. The first-order chi connectivity index (χ1) is 9.22. The molecule has 100 valence electrons. The summed E-state index contributed by atoms with van der Waals surface area (Å²) in [6.07, 6.45) is 4.34. The van der Waals surface area contributed by atoms with Gasteiger partial charge in [0.15, 0.2) is 6.19 Å². The van der Waals surface area contributed by atoms with E-state index in [1.807, 2.05) is 11.4 Å². The van der Waals surface area contributed by atoms with E-state index in [9.17, 15) is 10.1 Å². The molecular formula is C14H17N3OS. The molecule has 4 heterocycles. The van der Waals surface area contributed by atoms with Crippen molar-refractivity contribution in [3.05, 3.63) is 22.4 Å². The molecule has 0 N–H and O–H groups in total. The zero-order chi connectivity index (χ0) is 13.4. The minimum Gasteiger partial charge on any atom is -0.299 e. The fraction of sp³-hybridized carbons (Fsp3) is 0.571. The molecule has 3 fully saturated rings. The van der Waals surface area contributed by atoms with E-state index in [1.54, 1.807) is 6.07 Å². The van der Waals surface area contributed by atoms with Crippen LogP contribution in [-0.4, -0.2) is 40.9 Å². The van der Waals surface area contributed by atoms with Crippen molar-refractivity contribution in [2.75, 3.05) is 13.1 Å². The van der Waals surface area contributed by atoms with E-state index in [1.165, 1.54) is 16.2 Å². The lowest BCUT2D eigenvalue weighted by Crippen LogP contribution is -2.62. The van der Waals surface area contributed by atoms with Crippen molar-refractivity contribution in [1.29, 1.82) is 5.26 Å². The number of nitriles is 1. The van der Waals surface area contributed by atoms with E-state index in [2.05, 4.69) is 18.0 Å². The number of hydrogen-bond donors (Lipinski definition) is 0. The Bertz CT molecular complexity index is 497. The Morgan fingerprint density at radius 2 is 2.26 bits per heavy atom. The van der Waals surface area contributed by atoms with Crippen LogP contribution in [0.1, 0.15) is 29.4 Å². The van der Waals surface area contributed by atoms with Crippen molar-refractivity contribution in [2.24, 2.45) is 5.92 Å². The van der Waals surface area contributed by atoms with E-state index in [0.717, 1.165) is 25.9 Å². The van der Waals surface area contributed by atoms with Crippen molar-refractivity contribution < 1.29 is 4.79 Å². The average Bonchev–Trinajstić information content (AvgIpc) is 2.97. The predicted molar refractivity (Wildman–Crippen MR) is 73.6 cm³/mol. The highest BCUT2D eigenvalue weighted by atomic mass is 32.1. The number of rotatable bonds is 2. The zero-order valence-corrected chi connectivity index (χ0v) is 11.8. The summed E-state index contributed by atoms with van der Waals surface area (Å²) in [6.45, 7) is 4.35. The molecule has 19 heavy (non-hydrogen) atoms. The Labute approximate surface area is 117 Å². The van der Waals surface area contributed by atoms with Crippen LogP contribution in [0.15, 0.2) is 17.5 Å². The molecule has 3 saturated heterocycles. The van der Waals surface area contributed by atoms with Crippen molar-refractivity contribution in [3.63, 3.8) is 0 Å². The molecule has 3 aliphatic rings. The Balaban J connectivity index is 1.87. The third kappa shape index (κ3) is 2.05. The zero-order valence-electron chi connectivity index (χ0n) is 11.0. The van der Waals surface area contributed by atoms with Crippen LogP contribution >= 0.6 is 11.3 Å². The molecule has 0 radical (unpaired) electrons. The summed E-state index contributed by atoms with van der Waals surface area (Å²) in [5.74, 6) is 0.340. The van der Waals surface area contributed by atoms with Gasteiger partial charge in [0.1, 0.15) is 0 Å². The molecule has 5 heteroatoms. The smallest absolute Gasteiger partial charge is 0.277 e. The summed E-state index contributed by atoms with van der Waals surface area (Å²) in [4.78, 5) is 16.9. The molecule has 0 aromatic carbocycles. The van der Waals surface area contributed by atoms with Gasteiger partial charge in [-0.25, -0.2) is 4.90 Å². The van der Waals surface area contributed by atoms with E-state index in [0.29, 0.717) is 10.8 Å². The molecular weight excluding hydrogens is 258 g/mol. The Kier molecular flexibility index (Phi) is 3.29. The number of thiophene rings is 1. The van der Waals surface area contributed by atoms with Crippen molar-refractivity contribution in [1.82, 2.24) is 9.80 Å². The highest BCUT2D eigenvalue weighted by Crippen LogP contribution is 2.35. The van der Waals surface area contributed by atoms with E-state index < -0.39 is 0 Å². The van der Waals surface area contributed by atoms with Crippen molar-refractivity contribution >= 4 is 17.2 Å². The van der Waals surface area contributed by atoms with Crippen LogP contribution in [0, 0.1) is 17.4 Å². The minimum absolute atomic E-state index is 0.0436. The number of nitrogens with zero attached hydrogens (tertiary/aromatic N) is 3. The van der Waals surface area contributed by atoms with Gasteiger partial charge in [-0.2, -0.15) is 5.26 Å². The maximum atomic E-state index is 12.5. The quantitative estimate of drug-likeness (QED) is 0.614. The topological polar surface area (TPSA) is 47.3 Å². The van der Waals surface area contributed by atoms with Crippen LogP contribution in [0.3, 0.4) is 0 Å². The number of hydrogen-bond acceptors (Lipinski definition) is 4. The molecule has 0 saturated carbocycles. The molecule has 2 atom stereocenters. The summed E-state index contributed by atoms with van der Waals surface area (Å²) in [5, 5.41) is 11.3. The first kappa shape index (κ1) is 12.6. The van der Waals surface area contributed by atoms with E-state index in [4.69, 9.17) is 0 Å². The molecule has 1 amide bonds. The summed E-state index contributed by atoms with van der Waals surface area (Å²) in [6, 6.07) is 3.98. The van der Waals surface area contributed by atoms with Crippen LogP contribution < -0.4 is 0 Å². The summed E-state index contributed by atoms with van der Waals surface area (Å²) < 4.78 is 0. The molecule has 1 aromatic heterocycles. The Hall–Kier alpha value is -1.38. The lowest BCUT2D eigenvalue weighted by molar-refractivity contribution is -0.0123. The molecule has 0 unspecified atom stereocenters. The second kappa shape index (κ2) is 4.95. The molecule has 3 aliphatic heterocycles. The first-order valence-corrected chi connectivity index (χ1v) is 7.61. The van der Waals surface area contributed by atoms with Gasteiger partial charge in [0.25, 0.3) is 5.91 Å².